The highest BCUT2D eigenvalue weighted by molar-refractivity contribution is 5.93. The number of nitrogens with zero attached hydrogens (tertiary/aromatic N) is 2. The van der Waals surface area contributed by atoms with Crippen LogP contribution in [0.3, 0.4) is 0 Å². The molecule has 3 aliphatic rings. The fourth-order valence-corrected chi connectivity index (χ4v) is 5.48. The molecule has 0 unspecified atom stereocenters. The van der Waals surface area contributed by atoms with Crippen LogP contribution in [-0.4, -0.2) is 32.1 Å². The van der Waals surface area contributed by atoms with Crippen LogP contribution in [0.5, 0.6) is 11.5 Å². The maximum absolute atomic E-state index is 12.7. The third-order valence-electron chi connectivity index (χ3n) is 7.47. The zero-order chi connectivity index (χ0) is 24.3. The van der Waals surface area contributed by atoms with E-state index in [0.29, 0.717) is 5.56 Å². The summed E-state index contributed by atoms with van der Waals surface area (Å²) in [4.78, 5) is 17.6. The highest BCUT2D eigenvalue weighted by atomic mass is 16.5. The van der Waals surface area contributed by atoms with Gasteiger partial charge in [0.05, 0.1) is 5.56 Å². The summed E-state index contributed by atoms with van der Waals surface area (Å²) in [5, 5.41) is 0. The summed E-state index contributed by atoms with van der Waals surface area (Å²) in [5.74, 6) is 1.25. The second-order valence-electron chi connectivity index (χ2n) is 9.86. The lowest BCUT2D eigenvalue weighted by molar-refractivity contribution is 0.0664. The zero-order valence-corrected chi connectivity index (χ0v) is 20.6. The van der Waals surface area contributed by atoms with Gasteiger partial charge in [0.15, 0.2) is 0 Å². The van der Waals surface area contributed by atoms with Gasteiger partial charge in [0, 0.05) is 66.4 Å². The van der Waals surface area contributed by atoms with E-state index in [9.17, 15) is 4.79 Å². The third-order valence-corrected chi connectivity index (χ3v) is 7.47. The second kappa shape index (κ2) is 10.1. The van der Waals surface area contributed by atoms with Crippen molar-refractivity contribution in [3.63, 3.8) is 0 Å². The first-order chi connectivity index (χ1) is 17.8. The average Bonchev–Trinajstić information content (AvgIpc) is 2.96. The van der Waals surface area contributed by atoms with E-state index in [4.69, 9.17) is 9.47 Å². The number of hydrogen-bond donors (Lipinski definition) is 0. The molecule has 5 heteroatoms. The molecule has 3 aliphatic heterocycles. The molecule has 0 N–H and O–H groups in total. The molecule has 3 aromatic carbocycles. The summed E-state index contributed by atoms with van der Waals surface area (Å²) in [6.45, 7) is 4.30. The molecule has 3 heterocycles. The van der Waals surface area contributed by atoms with E-state index in [2.05, 4.69) is 46.2 Å². The molecule has 0 spiro atoms. The molecule has 36 heavy (non-hydrogen) atoms. The number of anilines is 2. The number of piperidine rings is 2. The van der Waals surface area contributed by atoms with E-state index in [1.165, 1.54) is 49.9 Å². The average molecular weight is 481 g/mol. The van der Waals surface area contributed by atoms with E-state index in [-0.39, 0.29) is 5.97 Å². The Hall–Kier alpha value is -3.73. The fourth-order valence-electron chi connectivity index (χ4n) is 5.48. The van der Waals surface area contributed by atoms with Crippen molar-refractivity contribution >= 4 is 22.9 Å². The van der Waals surface area contributed by atoms with Crippen LogP contribution in [0, 0.1) is 0 Å². The Morgan fingerprint density at radius 3 is 1.75 bits per heavy atom. The Bertz CT molecular complexity index is 1200. The van der Waals surface area contributed by atoms with Crippen LogP contribution in [-0.2, 0) is 4.74 Å². The summed E-state index contributed by atoms with van der Waals surface area (Å²) in [7, 11) is 0. The van der Waals surface area contributed by atoms with E-state index in [1.54, 1.807) is 18.4 Å². The first-order valence-corrected chi connectivity index (χ1v) is 13.2. The normalized spacial score (nSPS) is 17.1. The number of carbonyl (C=O) groups excluding carboxylic acids is 1. The molecule has 6 rings (SSSR count). The lowest BCUT2D eigenvalue weighted by atomic mass is 9.94. The van der Waals surface area contributed by atoms with Crippen LogP contribution in [0.1, 0.15) is 60.0 Å². The number of esters is 1. The number of carbonyl (C=O) groups is 1. The Labute approximate surface area is 212 Å². The molecule has 0 saturated carbocycles. The monoisotopic (exact) mass is 480 g/mol. The van der Waals surface area contributed by atoms with Crippen LogP contribution >= 0.6 is 0 Å². The van der Waals surface area contributed by atoms with Crippen LogP contribution in [0.2, 0.25) is 0 Å². The van der Waals surface area contributed by atoms with Crippen molar-refractivity contribution in [2.24, 2.45) is 0 Å². The minimum Gasteiger partial charge on any atom is -0.456 e. The van der Waals surface area contributed by atoms with Gasteiger partial charge < -0.3 is 19.3 Å². The predicted octanol–water partition coefficient (Wildman–Crippen LogP) is 7.02. The minimum atomic E-state index is -0.368. The molecule has 2 fully saturated rings. The second-order valence-corrected chi connectivity index (χ2v) is 9.86. The summed E-state index contributed by atoms with van der Waals surface area (Å²) in [6, 6.07) is 21.9. The number of benzene rings is 3. The van der Waals surface area contributed by atoms with Gasteiger partial charge in [-0.15, -0.1) is 0 Å². The van der Waals surface area contributed by atoms with Crippen LogP contribution in [0.25, 0.3) is 5.57 Å². The first kappa shape index (κ1) is 22.7. The molecule has 0 aliphatic carbocycles. The number of hydrogen-bond acceptors (Lipinski definition) is 5. The van der Waals surface area contributed by atoms with Crippen LogP contribution < -0.4 is 14.5 Å². The summed E-state index contributed by atoms with van der Waals surface area (Å²) in [6.07, 6.45) is 9.08. The van der Waals surface area contributed by atoms with Gasteiger partial charge in [-0.25, -0.2) is 4.79 Å². The molecule has 184 valence electrons. The van der Waals surface area contributed by atoms with Crippen LogP contribution in [0.4, 0.5) is 11.4 Å². The van der Waals surface area contributed by atoms with Gasteiger partial charge in [-0.2, -0.15) is 0 Å². The van der Waals surface area contributed by atoms with Crippen molar-refractivity contribution in [2.75, 3.05) is 36.0 Å². The summed E-state index contributed by atoms with van der Waals surface area (Å²) in [5.41, 5.74) is 5.65. The van der Waals surface area contributed by atoms with Gasteiger partial charge in [0.2, 0.25) is 0 Å². The molecular weight excluding hydrogens is 448 g/mol. The molecule has 3 aromatic rings. The first-order valence-electron chi connectivity index (χ1n) is 13.2. The van der Waals surface area contributed by atoms with Crippen molar-refractivity contribution in [3.8, 4) is 11.5 Å². The lowest BCUT2D eigenvalue weighted by Crippen LogP contribution is -2.29. The topological polar surface area (TPSA) is 42.0 Å². The van der Waals surface area contributed by atoms with Gasteiger partial charge in [-0.1, -0.05) is 18.2 Å². The highest BCUT2D eigenvalue weighted by Crippen LogP contribution is 2.46. The molecular formula is C31H32N2O3. The smallest absolute Gasteiger partial charge is 0.342 e. The summed E-state index contributed by atoms with van der Waals surface area (Å²) >= 11 is 0. The van der Waals surface area contributed by atoms with E-state index in [1.807, 2.05) is 18.2 Å². The predicted molar refractivity (Wildman–Crippen MR) is 144 cm³/mol. The largest absolute Gasteiger partial charge is 0.456 e. The zero-order valence-electron chi connectivity index (χ0n) is 20.6. The maximum Gasteiger partial charge on any atom is 0.342 e. The van der Waals surface area contributed by atoms with Crippen molar-refractivity contribution in [2.45, 2.75) is 38.5 Å². The minimum absolute atomic E-state index is 0.368. The fraction of sp³-hybridized carbons (Fsp3) is 0.323. The number of rotatable bonds is 4. The molecule has 2 saturated heterocycles. The molecule has 0 atom stereocenters. The van der Waals surface area contributed by atoms with E-state index < -0.39 is 0 Å². The van der Waals surface area contributed by atoms with Gasteiger partial charge in [-0.3, -0.25) is 0 Å². The van der Waals surface area contributed by atoms with Crippen molar-refractivity contribution in [1.29, 1.82) is 0 Å². The lowest BCUT2D eigenvalue weighted by Gasteiger charge is -2.32. The molecule has 0 amide bonds. The molecule has 0 aromatic heterocycles. The maximum atomic E-state index is 12.7. The number of ether oxygens (including phenoxy) is 2. The van der Waals surface area contributed by atoms with Gasteiger partial charge in [0.25, 0.3) is 0 Å². The Morgan fingerprint density at radius 1 is 0.694 bits per heavy atom. The quantitative estimate of drug-likeness (QED) is 0.232. The Morgan fingerprint density at radius 2 is 1.22 bits per heavy atom. The SMILES string of the molecule is O=C(OC=C1c2ccc(N3CCCCC3)cc2Oc2cc(N3CCCCC3)ccc21)c1ccccc1. The van der Waals surface area contributed by atoms with Crippen LogP contribution in [0.15, 0.2) is 73.0 Å². The molecule has 0 radical (unpaired) electrons. The van der Waals surface area contributed by atoms with Crippen molar-refractivity contribution < 1.29 is 14.3 Å². The van der Waals surface area contributed by atoms with Crippen molar-refractivity contribution in [1.82, 2.24) is 0 Å². The van der Waals surface area contributed by atoms with Gasteiger partial charge in [0.1, 0.15) is 17.8 Å². The number of fused-ring (bicyclic) bond motifs is 2. The van der Waals surface area contributed by atoms with Gasteiger partial charge in [-0.05, 0) is 74.9 Å². The molecule has 5 nitrogen and oxygen atoms in total. The Kier molecular flexibility index (Phi) is 6.37. The van der Waals surface area contributed by atoms with Gasteiger partial charge >= 0.3 is 5.97 Å². The van der Waals surface area contributed by atoms with E-state index >= 15 is 0 Å². The molecule has 0 bridgehead atoms. The summed E-state index contributed by atoms with van der Waals surface area (Å²) < 4.78 is 12.2. The van der Waals surface area contributed by atoms with Crippen molar-refractivity contribution in [3.05, 3.63) is 89.7 Å². The standard InChI is InChI=1S/C31H32N2O3/c34-31(23-10-4-1-5-11-23)35-22-28-26-14-12-24(32-16-6-2-7-17-32)20-29(26)36-30-21-25(13-15-27(28)30)33-18-8-3-9-19-33/h1,4-5,10-15,20-22H,2-3,6-9,16-19H2. The third kappa shape index (κ3) is 4.58. The Balaban J connectivity index is 1.37. The highest BCUT2D eigenvalue weighted by Gasteiger charge is 2.26. The van der Waals surface area contributed by atoms with E-state index in [0.717, 1.165) is 54.4 Å².